The predicted molar refractivity (Wildman–Crippen MR) is 98.5 cm³/mol. The highest BCUT2D eigenvalue weighted by Gasteiger charge is 2.45. The second kappa shape index (κ2) is 8.05. The molecule has 0 unspecified atom stereocenters. The largest absolute Gasteiger partial charge is 0.494 e. The summed E-state index contributed by atoms with van der Waals surface area (Å²) in [5.74, 6) is 0.590. The Balaban J connectivity index is 2.21. The molecule has 6 nitrogen and oxygen atoms in total. The molecular weight excluding hydrogens is 362 g/mol. The molecule has 0 amide bonds. The highest BCUT2D eigenvalue weighted by Crippen LogP contribution is 2.27. The number of benzene rings is 1. The molecule has 1 aliphatic heterocycles. The van der Waals surface area contributed by atoms with Crippen LogP contribution in [0.15, 0.2) is 29.2 Å². The van der Waals surface area contributed by atoms with Crippen molar-refractivity contribution in [2.24, 2.45) is 5.92 Å². The lowest BCUT2D eigenvalue weighted by molar-refractivity contribution is 0.340. The van der Waals surface area contributed by atoms with E-state index < -0.39 is 31.0 Å². The van der Waals surface area contributed by atoms with Crippen LogP contribution in [0.2, 0.25) is 0 Å². The van der Waals surface area contributed by atoms with Gasteiger partial charge in [-0.25, -0.2) is 16.8 Å². The minimum Gasteiger partial charge on any atom is -0.494 e. The Kier molecular flexibility index (Phi) is 6.51. The number of nitrogens with one attached hydrogen (secondary N) is 1. The zero-order valence-corrected chi connectivity index (χ0v) is 16.6. The monoisotopic (exact) mass is 389 g/mol. The fraction of sp³-hybridized carbons (Fsp3) is 0.647. The highest BCUT2D eigenvalue weighted by molar-refractivity contribution is 7.96. The minimum atomic E-state index is -3.74. The first-order valence-corrected chi connectivity index (χ1v) is 11.9. The molecule has 0 spiro atoms. The Labute approximate surface area is 150 Å². The summed E-state index contributed by atoms with van der Waals surface area (Å²) in [6.07, 6.45) is 0.867. The third-order valence-electron chi connectivity index (χ3n) is 4.29. The summed E-state index contributed by atoms with van der Waals surface area (Å²) >= 11 is 0. The van der Waals surface area contributed by atoms with Crippen molar-refractivity contribution in [3.8, 4) is 5.75 Å². The summed E-state index contributed by atoms with van der Waals surface area (Å²) < 4.78 is 55.3. The van der Waals surface area contributed by atoms with Crippen LogP contribution < -0.4 is 10.1 Å². The maximum atomic E-state index is 13.0. The molecule has 1 aliphatic rings. The van der Waals surface area contributed by atoms with Crippen LogP contribution in [0.4, 0.5) is 0 Å². The van der Waals surface area contributed by atoms with E-state index in [4.69, 9.17) is 4.74 Å². The van der Waals surface area contributed by atoms with Gasteiger partial charge in [-0.15, -0.1) is 0 Å². The average Bonchev–Trinajstić information content (AvgIpc) is 2.83. The smallest absolute Gasteiger partial charge is 0.183 e. The number of ether oxygens (including phenoxy) is 1. The molecule has 1 aromatic rings. The average molecular weight is 390 g/mol. The molecule has 0 bridgehead atoms. The molecule has 25 heavy (non-hydrogen) atoms. The lowest BCUT2D eigenvalue weighted by Gasteiger charge is -2.20. The van der Waals surface area contributed by atoms with Gasteiger partial charge in [0.1, 0.15) is 5.75 Å². The Hall–Kier alpha value is -1.12. The lowest BCUT2D eigenvalue weighted by Crippen LogP contribution is -2.43. The van der Waals surface area contributed by atoms with Crippen LogP contribution in [0, 0.1) is 5.92 Å². The van der Waals surface area contributed by atoms with E-state index in [2.05, 4.69) is 19.2 Å². The Morgan fingerprint density at radius 2 is 1.84 bits per heavy atom. The van der Waals surface area contributed by atoms with Gasteiger partial charge in [0, 0.05) is 6.04 Å². The van der Waals surface area contributed by atoms with Crippen molar-refractivity contribution in [2.75, 3.05) is 24.7 Å². The highest BCUT2D eigenvalue weighted by atomic mass is 32.2. The van der Waals surface area contributed by atoms with Gasteiger partial charge in [0.15, 0.2) is 19.7 Å². The standard InChI is InChI=1S/C17H27NO5S2/c1-4-23-14-5-7-15(8-6-14)25(21,22)17-12-24(19,20)11-16(17)18-10-9-13(2)3/h5-8,13,16-18H,4,9-12H2,1-3H3/t16-,17-/m0/s1. The number of rotatable bonds is 8. The summed E-state index contributed by atoms with van der Waals surface area (Å²) in [6, 6.07) is 5.59. The van der Waals surface area contributed by atoms with Crippen LogP contribution in [0.25, 0.3) is 0 Å². The van der Waals surface area contributed by atoms with E-state index in [1.807, 2.05) is 6.92 Å². The molecule has 8 heteroatoms. The van der Waals surface area contributed by atoms with Crippen LogP contribution in [0.1, 0.15) is 27.2 Å². The van der Waals surface area contributed by atoms with E-state index in [0.717, 1.165) is 6.42 Å². The van der Waals surface area contributed by atoms with Crippen molar-refractivity contribution in [3.63, 3.8) is 0 Å². The molecular formula is C17H27NO5S2. The van der Waals surface area contributed by atoms with E-state index >= 15 is 0 Å². The van der Waals surface area contributed by atoms with Crippen molar-refractivity contribution in [2.45, 2.75) is 43.4 Å². The van der Waals surface area contributed by atoms with E-state index in [9.17, 15) is 16.8 Å². The molecule has 0 aliphatic carbocycles. The summed E-state index contributed by atoms with van der Waals surface area (Å²) in [6.45, 7) is 7.09. The fourth-order valence-electron chi connectivity index (χ4n) is 2.94. The Morgan fingerprint density at radius 1 is 1.20 bits per heavy atom. The number of hydrogen-bond donors (Lipinski definition) is 1. The van der Waals surface area contributed by atoms with Crippen molar-refractivity contribution in [1.82, 2.24) is 5.32 Å². The van der Waals surface area contributed by atoms with E-state index in [0.29, 0.717) is 24.8 Å². The van der Waals surface area contributed by atoms with Crippen molar-refractivity contribution < 1.29 is 21.6 Å². The lowest BCUT2D eigenvalue weighted by atomic mass is 10.1. The first-order valence-electron chi connectivity index (χ1n) is 8.56. The molecule has 1 saturated heterocycles. The normalized spacial score (nSPS) is 23.0. The minimum absolute atomic E-state index is 0.133. The van der Waals surface area contributed by atoms with Crippen LogP contribution in [0.3, 0.4) is 0 Å². The second-order valence-electron chi connectivity index (χ2n) is 6.81. The van der Waals surface area contributed by atoms with Crippen LogP contribution in [-0.2, 0) is 19.7 Å². The first-order chi connectivity index (χ1) is 11.7. The Bertz CT molecular complexity index is 770. The molecule has 1 fully saturated rings. The maximum Gasteiger partial charge on any atom is 0.183 e. The molecule has 0 saturated carbocycles. The molecule has 2 rings (SSSR count). The van der Waals surface area contributed by atoms with Gasteiger partial charge in [-0.1, -0.05) is 13.8 Å². The quantitative estimate of drug-likeness (QED) is 0.727. The topological polar surface area (TPSA) is 89.5 Å². The van der Waals surface area contributed by atoms with E-state index in [1.54, 1.807) is 12.1 Å². The molecule has 1 heterocycles. The van der Waals surface area contributed by atoms with Gasteiger partial charge in [-0.05, 0) is 50.1 Å². The second-order valence-corrected chi connectivity index (χ2v) is 11.1. The van der Waals surface area contributed by atoms with Gasteiger partial charge >= 0.3 is 0 Å². The summed E-state index contributed by atoms with van der Waals surface area (Å²) in [7, 11) is -7.11. The first kappa shape index (κ1) is 20.2. The van der Waals surface area contributed by atoms with Gasteiger partial charge < -0.3 is 10.1 Å². The molecule has 0 radical (unpaired) electrons. The maximum absolute atomic E-state index is 13.0. The zero-order valence-electron chi connectivity index (χ0n) is 14.9. The van der Waals surface area contributed by atoms with Crippen molar-refractivity contribution in [1.29, 1.82) is 0 Å². The van der Waals surface area contributed by atoms with E-state index in [1.165, 1.54) is 12.1 Å². The Morgan fingerprint density at radius 3 is 2.40 bits per heavy atom. The summed E-state index contributed by atoms with van der Waals surface area (Å²) in [4.78, 5) is 0.133. The molecule has 142 valence electrons. The summed E-state index contributed by atoms with van der Waals surface area (Å²) in [5.41, 5.74) is 0. The van der Waals surface area contributed by atoms with Crippen LogP contribution >= 0.6 is 0 Å². The van der Waals surface area contributed by atoms with Gasteiger partial charge in [-0.2, -0.15) is 0 Å². The third-order valence-corrected chi connectivity index (χ3v) is 8.46. The molecule has 2 atom stereocenters. The zero-order chi connectivity index (χ0) is 18.7. The number of hydrogen-bond acceptors (Lipinski definition) is 6. The molecule has 1 aromatic carbocycles. The predicted octanol–water partition coefficient (Wildman–Crippen LogP) is 1.66. The third kappa shape index (κ3) is 5.18. The van der Waals surface area contributed by atoms with Crippen molar-refractivity contribution >= 4 is 19.7 Å². The van der Waals surface area contributed by atoms with Gasteiger partial charge in [0.25, 0.3) is 0 Å². The number of sulfone groups is 2. The fourth-order valence-corrected chi connectivity index (χ4v) is 7.65. The molecule has 1 N–H and O–H groups in total. The van der Waals surface area contributed by atoms with Gasteiger partial charge in [0.05, 0.1) is 28.3 Å². The van der Waals surface area contributed by atoms with Crippen molar-refractivity contribution in [3.05, 3.63) is 24.3 Å². The SMILES string of the molecule is CCOc1ccc(S(=O)(=O)[C@H]2CS(=O)(=O)C[C@@H]2NCCC(C)C)cc1. The van der Waals surface area contributed by atoms with E-state index in [-0.39, 0.29) is 16.4 Å². The van der Waals surface area contributed by atoms with Gasteiger partial charge in [0.2, 0.25) is 0 Å². The summed E-state index contributed by atoms with van der Waals surface area (Å²) in [5, 5.41) is 2.19. The molecule has 0 aromatic heterocycles. The van der Waals surface area contributed by atoms with Gasteiger partial charge in [-0.3, -0.25) is 0 Å². The van der Waals surface area contributed by atoms with Crippen LogP contribution in [0.5, 0.6) is 5.75 Å². The van der Waals surface area contributed by atoms with Crippen LogP contribution in [-0.4, -0.2) is 52.8 Å².